The number of pyridine rings is 1. The fourth-order valence-corrected chi connectivity index (χ4v) is 2.61. The van der Waals surface area contributed by atoms with Crippen LogP contribution < -0.4 is 5.32 Å². The molecule has 0 saturated carbocycles. The van der Waals surface area contributed by atoms with Gasteiger partial charge in [-0.25, -0.2) is 4.79 Å². The molecule has 0 radical (unpaired) electrons. The monoisotopic (exact) mass is 295 g/mol. The molecule has 1 fully saturated rings. The average Bonchev–Trinajstić information content (AvgIpc) is 2.82. The molecule has 1 aliphatic rings. The van der Waals surface area contributed by atoms with Crippen molar-refractivity contribution in [1.82, 2.24) is 9.88 Å². The summed E-state index contributed by atoms with van der Waals surface area (Å²) in [6, 6.07) is 1.32. The lowest BCUT2D eigenvalue weighted by atomic mass is 10.2. The van der Waals surface area contributed by atoms with Gasteiger partial charge in [0.05, 0.1) is 17.4 Å². The molecule has 2 amide bonds. The zero-order chi connectivity index (χ0) is 14.5. The molecule has 106 valence electrons. The van der Waals surface area contributed by atoms with Crippen LogP contribution in [0.2, 0.25) is 0 Å². The van der Waals surface area contributed by atoms with Gasteiger partial charge in [0.2, 0.25) is 5.91 Å². The third kappa shape index (κ3) is 3.47. The number of thioether (sulfide) groups is 1. The Bertz CT molecular complexity index is 549. The van der Waals surface area contributed by atoms with Gasteiger partial charge in [0.25, 0.3) is 5.24 Å². The summed E-state index contributed by atoms with van der Waals surface area (Å²) in [6.07, 6.45) is 2.76. The van der Waals surface area contributed by atoms with E-state index in [0.717, 1.165) is 5.75 Å². The summed E-state index contributed by atoms with van der Waals surface area (Å²) in [5.41, 5.74) is 0.147. The molecule has 2 N–H and O–H groups in total. The largest absolute Gasteiger partial charge is 0.478 e. The number of anilines is 1. The van der Waals surface area contributed by atoms with Gasteiger partial charge in [-0.3, -0.25) is 14.6 Å². The lowest BCUT2D eigenvalue weighted by Gasteiger charge is -2.14. The molecule has 0 aromatic carbocycles. The van der Waals surface area contributed by atoms with E-state index < -0.39 is 5.97 Å². The molecule has 1 aliphatic heterocycles. The number of nitrogens with one attached hydrogen (secondary N) is 1. The van der Waals surface area contributed by atoms with Crippen molar-refractivity contribution < 1.29 is 19.5 Å². The minimum Gasteiger partial charge on any atom is -0.478 e. The van der Waals surface area contributed by atoms with Crippen molar-refractivity contribution in [1.29, 1.82) is 0 Å². The first-order valence-electron chi connectivity index (χ1n) is 5.97. The van der Waals surface area contributed by atoms with Gasteiger partial charge in [-0.1, -0.05) is 11.8 Å². The van der Waals surface area contributed by atoms with E-state index in [1.54, 1.807) is 4.90 Å². The highest BCUT2D eigenvalue weighted by molar-refractivity contribution is 8.13. The zero-order valence-electron chi connectivity index (χ0n) is 10.5. The molecule has 1 saturated heterocycles. The first-order valence-corrected chi connectivity index (χ1v) is 6.95. The maximum Gasteiger partial charge on any atom is 0.337 e. The van der Waals surface area contributed by atoms with Gasteiger partial charge in [0.1, 0.15) is 0 Å². The van der Waals surface area contributed by atoms with Gasteiger partial charge in [-0.2, -0.15) is 0 Å². The van der Waals surface area contributed by atoms with Crippen molar-refractivity contribution >= 4 is 34.6 Å². The van der Waals surface area contributed by atoms with E-state index in [1.165, 1.54) is 30.2 Å². The molecular weight excluding hydrogens is 282 g/mol. The molecule has 0 aliphatic carbocycles. The molecule has 8 heteroatoms. The molecule has 0 bridgehead atoms. The normalized spacial score (nSPS) is 14.4. The number of aromatic carboxylic acids is 1. The number of hydrogen-bond acceptors (Lipinski definition) is 5. The Labute approximate surface area is 119 Å². The number of carboxylic acids is 1. The van der Waals surface area contributed by atoms with E-state index in [4.69, 9.17) is 5.11 Å². The second-order valence-electron chi connectivity index (χ2n) is 4.13. The summed E-state index contributed by atoms with van der Waals surface area (Å²) in [5, 5.41) is 11.5. The predicted molar refractivity (Wildman–Crippen MR) is 73.9 cm³/mol. The maximum absolute atomic E-state index is 11.8. The van der Waals surface area contributed by atoms with Crippen LogP contribution in [0.3, 0.4) is 0 Å². The Kier molecular flexibility index (Phi) is 4.57. The first kappa shape index (κ1) is 14.3. The number of hydrogen-bond donors (Lipinski definition) is 2. The lowest BCUT2D eigenvalue weighted by Crippen LogP contribution is -2.28. The van der Waals surface area contributed by atoms with Gasteiger partial charge >= 0.3 is 5.97 Å². The Morgan fingerprint density at radius 3 is 2.95 bits per heavy atom. The first-order chi connectivity index (χ1) is 9.58. The Balaban J connectivity index is 1.91. The van der Waals surface area contributed by atoms with Crippen LogP contribution in [0, 0.1) is 0 Å². The summed E-state index contributed by atoms with van der Waals surface area (Å²) in [7, 11) is 0. The van der Waals surface area contributed by atoms with E-state index in [1.807, 2.05) is 0 Å². The molecule has 1 aromatic heterocycles. The van der Waals surface area contributed by atoms with Crippen molar-refractivity contribution in [2.24, 2.45) is 0 Å². The van der Waals surface area contributed by atoms with E-state index in [9.17, 15) is 14.4 Å². The minimum atomic E-state index is -1.13. The average molecular weight is 295 g/mol. The second kappa shape index (κ2) is 6.38. The molecule has 7 nitrogen and oxygen atoms in total. The van der Waals surface area contributed by atoms with Crippen LogP contribution >= 0.6 is 11.8 Å². The standard InChI is InChI=1S/C12H13N3O4S/c16-10(2-4-15-5-6-20-12(15)19)14-9-7-13-3-1-8(9)11(17)18/h1,3,7H,2,4-6H2,(H,14,16)(H,17,18). The molecule has 20 heavy (non-hydrogen) atoms. The van der Waals surface area contributed by atoms with E-state index >= 15 is 0 Å². The molecule has 2 heterocycles. The minimum absolute atomic E-state index is 0.0128. The molecular formula is C12H13N3O4S. The van der Waals surface area contributed by atoms with Crippen LogP contribution in [0.1, 0.15) is 16.8 Å². The Morgan fingerprint density at radius 2 is 2.30 bits per heavy atom. The van der Waals surface area contributed by atoms with Crippen LogP contribution in [0.4, 0.5) is 10.5 Å². The maximum atomic E-state index is 11.8. The number of rotatable bonds is 5. The Hall–Kier alpha value is -2.09. The summed E-state index contributed by atoms with van der Waals surface area (Å²) in [5.74, 6) is -0.731. The van der Waals surface area contributed by atoms with Gasteiger partial charge in [0.15, 0.2) is 0 Å². The third-order valence-electron chi connectivity index (χ3n) is 2.78. The summed E-state index contributed by atoms with van der Waals surface area (Å²) < 4.78 is 0. The Morgan fingerprint density at radius 1 is 1.50 bits per heavy atom. The van der Waals surface area contributed by atoms with Crippen LogP contribution in [0.15, 0.2) is 18.5 Å². The lowest BCUT2D eigenvalue weighted by molar-refractivity contribution is -0.116. The third-order valence-corrected chi connectivity index (χ3v) is 3.67. The highest BCUT2D eigenvalue weighted by Crippen LogP contribution is 2.18. The zero-order valence-corrected chi connectivity index (χ0v) is 11.4. The molecule has 0 atom stereocenters. The van der Waals surface area contributed by atoms with Crippen LogP contribution in [0.25, 0.3) is 0 Å². The number of nitrogens with zero attached hydrogens (tertiary/aromatic N) is 2. The quantitative estimate of drug-likeness (QED) is 0.848. The number of aromatic nitrogens is 1. The van der Waals surface area contributed by atoms with Crippen molar-refractivity contribution in [2.75, 3.05) is 24.2 Å². The van der Waals surface area contributed by atoms with E-state index in [0.29, 0.717) is 13.1 Å². The van der Waals surface area contributed by atoms with Crippen LogP contribution in [0.5, 0.6) is 0 Å². The predicted octanol–water partition coefficient (Wildman–Crippen LogP) is 1.28. The van der Waals surface area contributed by atoms with Gasteiger partial charge in [-0.15, -0.1) is 0 Å². The summed E-state index contributed by atoms with van der Waals surface area (Å²) in [4.78, 5) is 39.5. The smallest absolute Gasteiger partial charge is 0.337 e. The number of carbonyl (C=O) groups is 3. The highest BCUT2D eigenvalue weighted by Gasteiger charge is 2.21. The van der Waals surface area contributed by atoms with Crippen molar-refractivity contribution in [3.63, 3.8) is 0 Å². The SMILES string of the molecule is O=C(CCN1CCSC1=O)Nc1cnccc1C(=O)O. The number of carboxylic acid groups (broad SMARTS) is 1. The van der Waals surface area contributed by atoms with Crippen molar-refractivity contribution in [3.8, 4) is 0 Å². The van der Waals surface area contributed by atoms with Crippen LogP contribution in [-0.4, -0.2) is 50.9 Å². The van der Waals surface area contributed by atoms with Crippen molar-refractivity contribution in [2.45, 2.75) is 6.42 Å². The van der Waals surface area contributed by atoms with E-state index in [-0.39, 0.29) is 28.8 Å². The van der Waals surface area contributed by atoms with Gasteiger partial charge in [0, 0.05) is 31.5 Å². The molecule has 0 unspecified atom stereocenters. The summed E-state index contributed by atoms with van der Waals surface area (Å²) in [6.45, 7) is 0.977. The van der Waals surface area contributed by atoms with Gasteiger partial charge in [-0.05, 0) is 6.07 Å². The van der Waals surface area contributed by atoms with Gasteiger partial charge < -0.3 is 15.3 Å². The van der Waals surface area contributed by atoms with Crippen LogP contribution in [-0.2, 0) is 4.79 Å². The number of carbonyl (C=O) groups excluding carboxylic acids is 2. The molecule has 0 spiro atoms. The summed E-state index contributed by atoms with van der Waals surface area (Å²) >= 11 is 1.23. The number of amides is 2. The fraction of sp³-hybridized carbons (Fsp3) is 0.333. The molecule has 2 rings (SSSR count). The second-order valence-corrected chi connectivity index (χ2v) is 5.17. The fourth-order valence-electron chi connectivity index (χ4n) is 1.76. The van der Waals surface area contributed by atoms with Crippen molar-refractivity contribution in [3.05, 3.63) is 24.0 Å². The highest BCUT2D eigenvalue weighted by atomic mass is 32.2. The van der Waals surface area contributed by atoms with E-state index in [2.05, 4.69) is 10.3 Å². The topological polar surface area (TPSA) is 99.6 Å². The molecule has 1 aromatic rings.